The number of aromatic nitrogens is 1. The van der Waals surface area contributed by atoms with Crippen molar-refractivity contribution in [3.8, 4) is 0 Å². The summed E-state index contributed by atoms with van der Waals surface area (Å²) < 4.78 is 52.3. The minimum absolute atomic E-state index is 0.00259. The van der Waals surface area contributed by atoms with Crippen molar-refractivity contribution in [2.75, 3.05) is 32.1 Å². The standard InChI is InChI=1S/C20H29FN4O5S/c21-20(11-29-12-20)18-9-17(24-30-18)19(26)23-14-7-15-1-2-16(8-14)25(15)31(27,28)10-13-3-5-22-6-4-13/h9,13-16,22H,1-8,10-12H2,(H,23,26)/t14?,15-,16?/m0/s1. The Morgan fingerprint density at radius 3 is 2.52 bits per heavy atom. The van der Waals surface area contributed by atoms with Gasteiger partial charge in [0.15, 0.2) is 11.5 Å². The predicted octanol–water partition coefficient (Wildman–Crippen LogP) is 0.924. The summed E-state index contributed by atoms with van der Waals surface area (Å²) in [6.07, 6.45) is 4.60. The van der Waals surface area contributed by atoms with Crippen LogP contribution in [-0.2, 0) is 20.4 Å². The highest BCUT2D eigenvalue weighted by Gasteiger charge is 2.48. The zero-order valence-corrected chi connectivity index (χ0v) is 18.2. The Balaban J connectivity index is 1.20. The second-order valence-corrected chi connectivity index (χ2v) is 11.3. The van der Waals surface area contributed by atoms with Crippen molar-refractivity contribution < 1.29 is 26.9 Å². The summed E-state index contributed by atoms with van der Waals surface area (Å²) in [6.45, 7) is 1.55. The van der Waals surface area contributed by atoms with Gasteiger partial charge in [-0.25, -0.2) is 12.8 Å². The van der Waals surface area contributed by atoms with Gasteiger partial charge in [0.05, 0.1) is 19.0 Å². The summed E-state index contributed by atoms with van der Waals surface area (Å²) in [5, 5.41) is 9.93. The van der Waals surface area contributed by atoms with Gasteiger partial charge in [-0.05, 0) is 57.5 Å². The number of amides is 1. The lowest BCUT2D eigenvalue weighted by atomic mass is 9.99. The highest BCUT2D eigenvalue weighted by atomic mass is 32.2. The summed E-state index contributed by atoms with van der Waals surface area (Å²) in [5.74, 6) is 0.0103. The fourth-order valence-electron chi connectivity index (χ4n) is 5.41. The van der Waals surface area contributed by atoms with E-state index in [0.29, 0.717) is 12.8 Å². The molecule has 4 fully saturated rings. The second kappa shape index (κ2) is 8.09. The summed E-state index contributed by atoms with van der Waals surface area (Å²) in [4.78, 5) is 12.6. The van der Waals surface area contributed by atoms with Crippen molar-refractivity contribution >= 4 is 15.9 Å². The van der Waals surface area contributed by atoms with E-state index in [9.17, 15) is 17.6 Å². The number of nitrogens with zero attached hydrogens (tertiary/aromatic N) is 2. The Kier molecular flexibility index (Phi) is 5.56. The molecule has 1 amide bonds. The zero-order valence-electron chi connectivity index (χ0n) is 17.4. The molecular formula is C20H29FN4O5S. The second-order valence-electron chi connectivity index (χ2n) is 9.36. The number of sulfonamides is 1. The van der Waals surface area contributed by atoms with Crippen LogP contribution in [0.3, 0.4) is 0 Å². The van der Waals surface area contributed by atoms with E-state index in [1.54, 1.807) is 4.31 Å². The molecule has 172 valence electrons. The number of nitrogens with one attached hydrogen (secondary N) is 2. The third-order valence-corrected chi connectivity index (χ3v) is 9.20. The molecule has 0 aliphatic carbocycles. The van der Waals surface area contributed by atoms with Crippen molar-refractivity contribution in [2.24, 2.45) is 5.92 Å². The van der Waals surface area contributed by atoms with E-state index in [1.807, 2.05) is 0 Å². The smallest absolute Gasteiger partial charge is 0.273 e. The minimum atomic E-state index is -3.32. The first-order chi connectivity index (χ1) is 14.8. The van der Waals surface area contributed by atoms with Crippen LogP contribution in [0.1, 0.15) is 54.8 Å². The predicted molar refractivity (Wildman–Crippen MR) is 109 cm³/mol. The quantitative estimate of drug-likeness (QED) is 0.654. The fourth-order valence-corrected chi connectivity index (χ4v) is 7.81. The van der Waals surface area contributed by atoms with Crippen LogP contribution >= 0.6 is 0 Å². The number of fused-ring (bicyclic) bond motifs is 2. The van der Waals surface area contributed by atoms with Crippen molar-refractivity contribution in [3.63, 3.8) is 0 Å². The minimum Gasteiger partial charge on any atom is -0.374 e. The third kappa shape index (κ3) is 4.12. The summed E-state index contributed by atoms with van der Waals surface area (Å²) in [5.41, 5.74) is -1.68. The van der Waals surface area contributed by atoms with Crippen LogP contribution in [0.4, 0.5) is 4.39 Å². The van der Waals surface area contributed by atoms with Crippen molar-refractivity contribution in [3.05, 3.63) is 17.5 Å². The molecule has 9 nitrogen and oxygen atoms in total. The molecule has 0 aromatic carbocycles. The summed E-state index contributed by atoms with van der Waals surface area (Å²) >= 11 is 0. The topological polar surface area (TPSA) is 114 Å². The normalized spacial score (nSPS) is 31.3. The maximum Gasteiger partial charge on any atom is 0.273 e. The molecule has 5 heterocycles. The van der Waals surface area contributed by atoms with Crippen LogP contribution in [0, 0.1) is 5.92 Å². The Bertz CT molecular complexity index is 914. The van der Waals surface area contributed by atoms with Crippen LogP contribution in [0.25, 0.3) is 0 Å². The highest BCUT2D eigenvalue weighted by molar-refractivity contribution is 7.89. The summed E-state index contributed by atoms with van der Waals surface area (Å²) in [7, 11) is -3.32. The van der Waals surface area contributed by atoms with Crippen LogP contribution < -0.4 is 10.6 Å². The van der Waals surface area contributed by atoms with E-state index in [4.69, 9.17) is 9.26 Å². The number of ether oxygens (including phenoxy) is 1. The van der Waals surface area contributed by atoms with Gasteiger partial charge in [0.1, 0.15) is 0 Å². The first kappa shape index (κ1) is 21.3. The molecule has 2 N–H and O–H groups in total. The Morgan fingerprint density at radius 2 is 1.90 bits per heavy atom. The fraction of sp³-hybridized carbons (Fsp3) is 0.800. The molecular weight excluding hydrogens is 427 g/mol. The van der Waals surface area contributed by atoms with Gasteiger partial charge in [-0.1, -0.05) is 5.16 Å². The molecule has 1 aromatic heterocycles. The Labute approximate surface area is 181 Å². The van der Waals surface area contributed by atoms with Crippen molar-refractivity contribution in [2.45, 2.75) is 62.3 Å². The first-order valence-electron chi connectivity index (χ1n) is 11.1. The lowest BCUT2D eigenvalue weighted by molar-refractivity contribution is -0.147. The molecule has 11 heteroatoms. The van der Waals surface area contributed by atoms with Gasteiger partial charge < -0.3 is 19.9 Å². The number of alkyl halides is 1. The van der Waals surface area contributed by atoms with E-state index in [-0.39, 0.29) is 54.5 Å². The molecule has 5 rings (SSSR count). The number of piperidine rings is 2. The zero-order chi connectivity index (χ0) is 21.6. The van der Waals surface area contributed by atoms with E-state index in [0.717, 1.165) is 38.8 Å². The Hall–Kier alpha value is -1.56. The third-order valence-electron chi connectivity index (χ3n) is 7.07. The van der Waals surface area contributed by atoms with Gasteiger partial charge in [0.25, 0.3) is 5.91 Å². The van der Waals surface area contributed by atoms with Gasteiger partial charge >= 0.3 is 0 Å². The lowest BCUT2D eigenvalue weighted by Gasteiger charge is -2.39. The summed E-state index contributed by atoms with van der Waals surface area (Å²) in [6, 6.07) is 1.03. The molecule has 0 spiro atoms. The van der Waals surface area contributed by atoms with E-state index in [1.165, 1.54) is 6.07 Å². The van der Waals surface area contributed by atoms with Gasteiger partial charge in [-0.3, -0.25) is 4.79 Å². The van der Waals surface area contributed by atoms with E-state index < -0.39 is 21.6 Å². The molecule has 4 aliphatic heterocycles. The van der Waals surface area contributed by atoms with Gasteiger partial charge in [0.2, 0.25) is 15.7 Å². The van der Waals surface area contributed by atoms with Gasteiger partial charge in [-0.2, -0.15) is 4.31 Å². The number of rotatable bonds is 6. The molecule has 4 aliphatic rings. The SMILES string of the molecule is O=C(NC1CC2CC[C@@H](C1)N2S(=O)(=O)CC1CCNCC1)c1cc(C2(F)COC2)on1. The number of hydrogen-bond donors (Lipinski definition) is 2. The van der Waals surface area contributed by atoms with Crippen LogP contribution in [0.5, 0.6) is 0 Å². The van der Waals surface area contributed by atoms with Crippen LogP contribution in [0.15, 0.2) is 10.6 Å². The van der Waals surface area contributed by atoms with Crippen molar-refractivity contribution in [1.82, 2.24) is 20.1 Å². The highest BCUT2D eigenvalue weighted by Crippen LogP contribution is 2.39. The molecule has 4 saturated heterocycles. The molecule has 3 atom stereocenters. The maximum atomic E-state index is 14.4. The number of halogens is 1. The molecule has 0 saturated carbocycles. The van der Waals surface area contributed by atoms with Crippen LogP contribution in [-0.4, -0.2) is 74.0 Å². The van der Waals surface area contributed by atoms with E-state index in [2.05, 4.69) is 15.8 Å². The lowest BCUT2D eigenvalue weighted by Crippen LogP contribution is -2.53. The van der Waals surface area contributed by atoms with Crippen molar-refractivity contribution in [1.29, 1.82) is 0 Å². The number of carbonyl (C=O) groups is 1. The average molecular weight is 457 g/mol. The average Bonchev–Trinajstić information content (AvgIpc) is 3.31. The molecule has 2 bridgehead atoms. The molecule has 1 aromatic rings. The largest absolute Gasteiger partial charge is 0.374 e. The number of carbonyl (C=O) groups excluding carboxylic acids is 1. The molecule has 31 heavy (non-hydrogen) atoms. The maximum absolute atomic E-state index is 14.4. The molecule has 2 unspecified atom stereocenters. The number of hydrogen-bond acceptors (Lipinski definition) is 7. The first-order valence-corrected chi connectivity index (χ1v) is 12.7. The Morgan fingerprint density at radius 1 is 1.23 bits per heavy atom. The van der Waals surface area contributed by atoms with Crippen LogP contribution in [0.2, 0.25) is 0 Å². The van der Waals surface area contributed by atoms with Gasteiger partial charge in [0, 0.05) is 24.2 Å². The van der Waals surface area contributed by atoms with Gasteiger partial charge in [-0.15, -0.1) is 0 Å². The van der Waals surface area contributed by atoms with E-state index >= 15 is 0 Å². The molecule has 0 radical (unpaired) electrons. The monoisotopic (exact) mass is 456 g/mol.